The van der Waals surface area contributed by atoms with Crippen molar-refractivity contribution in [2.45, 2.75) is 65.6 Å². The van der Waals surface area contributed by atoms with Gasteiger partial charge in [-0.05, 0) is 46.1 Å². The number of ketones is 2. The molecular formula is C21H27NO4. The number of carbonyl (C=O) groups excluding carboxylic acids is 3. The summed E-state index contributed by atoms with van der Waals surface area (Å²) in [6.45, 7) is 8.09. The summed E-state index contributed by atoms with van der Waals surface area (Å²) in [5, 5.41) is 2.50. The van der Waals surface area contributed by atoms with E-state index >= 15 is 0 Å². The Morgan fingerprint density at radius 2 is 1.96 bits per heavy atom. The lowest BCUT2D eigenvalue weighted by molar-refractivity contribution is -0.123. The first-order chi connectivity index (χ1) is 12.3. The minimum Gasteiger partial charge on any atom is -0.360 e. The van der Waals surface area contributed by atoms with Crippen molar-refractivity contribution in [3.05, 3.63) is 46.7 Å². The third-order valence-electron chi connectivity index (χ3n) is 4.34. The zero-order valence-corrected chi connectivity index (χ0v) is 15.9. The van der Waals surface area contributed by atoms with Crippen LogP contribution in [-0.2, 0) is 19.1 Å². The average Bonchev–Trinajstić information content (AvgIpc) is 3.29. The van der Waals surface area contributed by atoms with Crippen LogP contribution in [0.1, 0.15) is 53.4 Å². The first kappa shape index (κ1) is 20.0. The lowest BCUT2D eigenvalue weighted by atomic mass is 10.0. The number of carbonyl (C=O) groups is 3. The fraction of sp³-hybridized carbons (Fsp3) is 0.476. The van der Waals surface area contributed by atoms with Crippen LogP contribution in [-0.4, -0.2) is 29.7 Å². The Morgan fingerprint density at radius 1 is 1.23 bits per heavy atom. The van der Waals surface area contributed by atoms with Crippen molar-refractivity contribution in [3.8, 4) is 0 Å². The first-order valence-corrected chi connectivity index (χ1v) is 8.99. The quantitative estimate of drug-likeness (QED) is 0.431. The second-order valence-electron chi connectivity index (χ2n) is 7.18. The first-order valence-electron chi connectivity index (χ1n) is 8.99. The van der Waals surface area contributed by atoms with Crippen molar-refractivity contribution < 1.29 is 19.1 Å². The average molecular weight is 357 g/mol. The Balaban J connectivity index is 1.86. The number of nitrogens with one attached hydrogen (secondary N) is 1. The normalized spacial score (nSPS) is 23.5. The molecule has 5 heteroatoms. The van der Waals surface area contributed by atoms with E-state index in [0.717, 1.165) is 18.4 Å². The summed E-state index contributed by atoms with van der Waals surface area (Å²) in [6.07, 6.45) is 9.23. The molecule has 0 radical (unpaired) electrons. The van der Waals surface area contributed by atoms with Crippen LogP contribution in [0.25, 0.3) is 0 Å². The van der Waals surface area contributed by atoms with E-state index in [2.05, 4.69) is 38.2 Å². The van der Waals surface area contributed by atoms with Crippen LogP contribution in [0, 0.1) is 0 Å². The summed E-state index contributed by atoms with van der Waals surface area (Å²) in [4.78, 5) is 35.2. The molecule has 140 valence electrons. The van der Waals surface area contributed by atoms with Crippen molar-refractivity contribution >= 4 is 17.5 Å². The van der Waals surface area contributed by atoms with Gasteiger partial charge in [0.2, 0.25) is 5.91 Å². The third kappa shape index (κ3) is 6.23. The van der Waals surface area contributed by atoms with E-state index in [1.807, 2.05) is 6.92 Å². The largest absolute Gasteiger partial charge is 0.360 e. The highest BCUT2D eigenvalue weighted by molar-refractivity contribution is 6.10. The van der Waals surface area contributed by atoms with Gasteiger partial charge >= 0.3 is 0 Å². The Hall–Kier alpha value is -2.27. The van der Waals surface area contributed by atoms with Crippen molar-refractivity contribution in [1.82, 2.24) is 5.32 Å². The number of hydrogen-bond donors (Lipinski definition) is 1. The summed E-state index contributed by atoms with van der Waals surface area (Å²) < 4.78 is 5.63. The molecule has 0 bridgehead atoms. The SMILES string of the molecule is CC(C)=CCCC(C)=CC1OC1C(C)=CC(=O)NC1=CC(=O)CCC1=O. The highest BCUT2D eigenvalue weighted by Crippen LogP contribution is 2.31. The smallest absolute Gasteiger partial charge is 0.248 e. The van der Waals surface area contributed by atoms with Crippen LogP contribution in [0.3, 0.4) is 0 Å². The van der Waals surface area contributed by atoms with E-state index in [0.29, 0.717) is 0 Å². The molecule has 2 rings (SSSR count). The summed E-state index contributed by atoms with van der Waals surface area (Å²) in [6, 6.07) is 0. The molecule has 2 atom stereocenters. The van der Waals surface area contributed by atoms with E-state index in [1.165, 1.54) is 23.3 Å². The molecule has 0 aromatic heterocycles. The Labute approximate surface area is 154 Å². The molecule has 26 heavy (non-hydrogen) atoms. The van der Waals surface area contributed by atoms with Crippen LogP contribution >= 0.6 is 0 Å². The number of amides is 1. The fourth-order valence-corrected chi connectivity index (χ4v) is 2.82. The van der Waals surface area contributed by atoms with Crippen molar-refractivity contribution in [3.63, 3.8) is 0 Å². The molecule has 2 aliphatic rings. The second-order valence-corrected chi connectivity index (χ2v) is 7.18. The standard InChI is InChI=1S/C21H27NO4/c1-13(2)6-5-7-14(3)10-19-21(26-19)15(4)11-20(25)22-17-12-16(23)8-9-18(17)24/h6,10-12,19,21H,5,7-9H2,1-4H3,(H,22,25). The molecule has 1 fully saturated rings. The van der Waals surface area contributed by atoms with E-state index in [9.17, 15) is 14.4 Å². The Morgan fingerprint density at radius 3 is 2.65 bits per heavy atom. The van der Waals surface area contributed by atoms with Crippen molar-refractivity contribution in [2.75, 3.05) is 0 Å². The lowest BCUT2D eigenvalue weighted by Gasteiger charge is -2.11. The Bertz CT molecular complexity index is 720. The topological polar surface area (TPSA) is 75.8 Å². The number of Topliss-reactive ketones (excluding diaryl/α,β-unsaturated/α-hetero) is 1. The minimum atomic E-state index is -0.407. The number of hydrogen-bond acceptors (Lipinski definition) is 4. The van der Waals surface area contributed by atoms with Crippen LogP contribution in [0.15, 0.2) is 46.7 Å². The van der Waals surface area contributed by atoms with E-state index in [4.69, 9.17) is 4.74 Å². The van der Waals surface area contributed by atoms with Crippen LogP contribution in [0.2, 0.25) is 0 Å². The van der Waals surface area contributed by atoms with Gasteiger partial charge in [-0.3, -0.25) is 14.4 Å². The van der Waals surface area contributed by atoms with Gasteiger partial charge in [0.15, 0.2) is 11.6 Å². The zero-order chi connectivity index (χ0) is 19.3. The maximum Gasteiger partial charge on any atom is 0.248 e. The van der Waals surface area contributed by atoms with Gasteiger partial charge in [-0.1, -0.05) is 23.3 Å². The number of epoxide rings is 1. The maximum atomic E-state index is 12.1. The highest BCUT2D eigenvalue weighted by atomic mass is 16.6. The molecule has 0 saturated carbocycles. The number of allylic oxidation sites excluding steroid dienone is 5. The molecule has 2 unspecified atom stereocenters. The molecule has 1 saturated heterocycles. The van der Waals surface area contributed by atoms with E-state index in [-0.39, 0.29) is 42.3 Å². The van der Waals surface area contributed by atoms with Gasteiger partial charge in [0.25, 0.3) is 0 Å². The van der Waals surface area contributed by atoms with E-state index < -0.39 is 5.91 Å². The van der Waals surface area contributed by atoms with Crippen LogP contribution in [0.5, 0.6) is 0 Å². The maximum absolute atomic E-state index is 12.1. The minimum absolute atomic E-state index is 0.00265. The summed E-state index contributed by atoms with van der Waals surface area (Å²) in [5.41, 5.74) is 3.47. The van der Waals surface area contributed by atoms with E-state index in [1.54, 1.807) is 0 Å². The summed E-state index contributed by atoms with van der Waals surface area (Å²) in [5.74, 6) is -0.755. The monoisotopic (exact) mass is 357 g/mol. The van der Waals surface area contributed by atoms with Crippen LogP contribution < -0.4 is 5.32 Å². The van der Waals surface area contributed by atoms with Gasteiger partial charge in [0, 0.05) is 25.0 Å². The lowest BCUT2D eigenvalue weighted by Crippen LogP contribution is -2.29. The van der Waals surface area contributed by atoms with Gasteiger partial charge in [0.1, 0.15) is 12.2 Å². The molecule has 1 amide bonds. The third-order valence-corrected chi connectivity index (χ3v) is 4.34. The highest BCUT2D eigenvalue weighted by Gasteiger charge is 2.38. The molecule has 0 aromatic rings. The molecule has 1 heterocycles. The molecule has 5 nitrogen and oxygen atoms in total. The second kappa shape index (κ2) is 8.90. The van der Waals surface area contributed by atoms with Gasteiger partial charge in [-0.15, -0.1) is 0 Å². The van der Waals surface area contributed by atoms with Crippen molar-refractivity contribution in [2.24, 2.45) is 0 Å². The predicted octanol–water partition coefficient (Wildman–Crippen LogP) is 3.32. The van der Waals surface area contributed by atoms with Gasteiger partial charge < -0.3 is 10.1 Å². The van der Waals surface area contributed by atoms with Gasteiger partial charge in [0.05, 0.1) is 5.70 Å². The zero-order valence-electron chi connectivity index (χ0n) is 15.9. The predicted molar refractivity (Wildman–Crippen MR) is 100 cm³/mol. The number of ether oxygens (including phenoxy) is 1. The van der Waals surface area contributed by atoms with Gasteiger partial charge in [-0.2, -0.15) is 0 Å². The Kier molecular flexibility index (Phi) is 6.86. The fourth-order valence-electron chi connectivity index (χ4n) is 2.82. The molecule has 1 aliphatic carbocycles. The molecule has 0 spiro atoms. The summed E-state index contributed by atoms with van der Waals surface area (Å²) in [7, 11) is 0. The molecule has 1 N–H and O–H groups in total. The molecule has 0 aromatic carbocycles. The van der Waals surface area contributed by atoms with Crippen LogP contribution in [0.4, 0.5) is 0 Å². The van der Waals surface area contributed by atoms with Crippen molar-refractivity contribution in [1.29, 1.82) is 0 Å². The molecule has 1 aliphatic heterocycles. The summed E-state index contributed by atoms with van der Waals surface area (Å²) >= 11 is 0. The number of rotatable bonds is 7. The van der Waals surface area contributed by atoms with Gasteiger partial charge in [-0.25, -0.2) is 0 Å². The molecular weight excluding hydrogens is 330 g/mol.